The van der Waals surface area contributed by atoms with Gasteiger partial charge in [-0.15, -0.1) is 0 Å². The lowest BCUT2D eigenvalue weighted by molar-refractivity contribution is -0.207. The van der Waals surface area contributed by atoms with Crippen molar-refractivity contribution in [3.63, 3.8) is 0 Å². The highest BCUT2D eigenvalue weighted by atomic mass is 16.6. The van der Waals surface area contributed by atoms with Gasteiger partial charge in [0.05, 0.1) is 6.10 Å². The molecule has 9 heteroatoms. The van der Waals surface area contributed by atoms with E-state index in [0.29, 0.717) is 18.4 Å². The molecule has 2 aromatic rings. The third-order valence-corrected chi connectivity index (χ3v) is 7.01. The zero-order valence-corrected chi connectivity index (χ0v) is 19.9. The Balaban J connectivity index is 1.79. The van der Waals surface area contributed by atoms with Crippen LogP contribution in [-0.4, -0.2) is 39.3 Å². The van der Waals surface area contributed by atoms with Gasteiger partial charge in [0.2, 0.25) is 0 Å². The quantitative estimate of drug-likeness (QED) is 0.669. The third kappa shape index (κ3) is 4.20. The summed E-state index contributed by atoms with van der Waals surface area (Å²) in [6.07, 6.45) is 1.90. The van der Waals surface area contributed by atoms with E-state index >= 15 is 0 Å². The first-order valence-electron chi connectivity index (χ1n) is 11.2. The van der Waals surface area contributed by atoms with E-state index in [1.165, 1.54) is 13.8 Å². The number of carbonyl (C=O) groups excluding carboxylic acids is 2. The molecule has 0 aromatic carbocycles. The van der Waals surface area contributed by atoms with Crippen molar-refractivity contribution < 1.29 is 33.3 Å². The van der Waals surface area contributed by atoms with E-state index in [1.54, 1.807) is 51.4 Å². The molecule has 5 atom stereocenters. The van der Waals surface area contributed by atoms with Crippen LogP contribution in [0.25, 0.3) is 11.3 Å². The number of aromatic nitrogens is 1. The second-order valence-electron chi connectivity index (χ2n) is 9.72. The monoisotopic (exact) mass is 471 g/mol. The second kappa shape index (κ2) is 8.54. The minimum Gasteiger partial charge on any atom is -0.482 e. The normalized spacial score (nSPS) is 28.2. The molecular formula is C25H29NO8. The Morgan fingerprint density at radius 1 is 1.24 bits per heavy atom. The topological polar surface area (TPSA) is 125 Å². The Bertz CT molecular complexity index is 1160. The lowest BCUT2D eigenvalue weighted by atomic mass is 9.62. The van der Waals surface area contributed by atoms with Crippen LogP contribution in [0.4, 0.5) is 0 Å². The van der Waals surface area contributed by atoms with E-state index in [9.17, 15) is 19.5 Å². The Morgan fingerprint density at radius 3 is 2.59 bits per heavy atom. The van der Waals surface area contributed by atoms with E-state index < -0.39 is 46.9 Å². The number of carbonyl (C=O) groups is 2. The van der Waals surface area contributed by atoms with Gasteiger partial charge in [0.15, 0.2) is 0 Å². The maximum Gasteiger partial charge on any atom is 0.345 e. The summed E-state index contributed by atoms with van der Waals surface area (Å²) in [6.45, 7) is 7.97. The van der Waals surface area contributed by atoms with Gasteiger partial charge in [0, 0.05) is 49.7 Å². The fourth-order valence-electron chi connectivity index (χ4n) is 5.26. The summed E-state index contributed by atoms with van der Waals surface area (Å²) in [5, 5.41) is 11.4. The third-order valence-electron chi connectivity index (χ3n) is 7.01. The molecule has 34 heavy (non-hydrogen) atoms. The summed E-state index contributed by atoms with van der Waals surface area (Å²) in [5.74, 6) is -1.39. The van der Waals surface area contributed by atoms with Gasteiger partial charge in [-0.05, 0) is 45.7 Å². The van der Waals surface area contributed by atoms with Crippen molar-refractivity contribution in [2.24, 2.45) is 11.8 Å². The number of rotatable bonds is 4. The fourth-order valence-corrected chi connectivity index (χ4v) is 5.26. The number of hydrogen-bond acceptors (Lipinski definition) is 9. The van der Waals surface area contributed by atoms with Crippen molar-refractivity contribution in [1.82, 2.24) is 4.98 Å². The van der Waals surface area contributed by atoms with Crippen LogP contribution in [0, 0.1) is 11.8 Å². The highest BCUT2D eigenvalue weighted by Crippen LogP contribution is 2.54. The Labute approximate surface area is 197 Å². The molecule has 182 valence electrons. The highest BCUT2D eigenvalue weighted by Gasteiger charge is 2.59. The first-order chi connectivity index (χ1) is 15.9. The molecule has 1 fully saturated rings. The minimum atomic E-state index is -1.23. The predicted octanol–water partition coefficient (Wildman–Crippen LogP) is 3.19. The van der Waals surface area contributed by atoms with Crippen molar-refractivity contribution in [2.45, 2.75) is 70.9 Å². The van der Waals surface area contributed by atoms with E-state index in [-0.39, 0.29) is 23.0 Å². The molecule has 2 aromatic heterocycles. The molecule has 1 N–H and O–H groups in total. The van der Waals surface area contributed by atoms with Crippen LogP contribution in [0.2, 0.25) is 0 Å². The zero-order chi connectivity index (χ0) is 24.8. The smallest absolute Gasteiger partial charge is 0.345 e. The molecular weight excluding hydrogens is 442 g/mol. The molecule has 1 aliphatic carbocycles. The summed E-state index contributed by atoms with van der Waals surface area (Å²) in [7, 11) is 0. The van der Waals surface area contributed by atoms with Gasteiger partial charge in [0.1, 0.15) is 34.4 Å². The first-order valence-corrected chi connectivity index (χ1v) is 11.2. The number of fused-ring (bicyclic) bond motifs is 2. The number of esters is 2. The number of pyridine rings is 1. The number of aliphatic hydroxyl groups excluding tert-OH is 1. The Morgan fingerprint density at radius 2 is 1.97 bits per heavy atom. The molecule has 3 heterocycles. The van der Waals surface area contributed by atoms with Gasteiger partial charge in [0.25, 0.3) is 0 Å². The van der Waals surface area contributed by atoms with Crippen LogP contribution in [0.1, 0.15) is 59.1 Å². The Kier molecular flexibility index (Phi) is 6.01. The molecule has 0 radical (unpaired) electrons. The number of aliphatic hydroxyl groups is 1. The molecule has 0 bridgehead atoms. The van der Waals surface area contributed by atoms with Crippen molar-refractivity contribution in [3.8, 4) is 17.1 Å². The van der Waals surface area contributed by atoms with E-state index in [1.807, 2.05) is 0 Å². The molecule has 1 aliphatic heterocycles. The summed E-state index contributed by atoms with van der Waals surface area (Å²) in [4.78, 5) is 40.7. The second-order valence-corrected chi connectivity index (χ2v) is 9.72. The molecule has 9 nitrogen and oxygen atoms in total. The van der Waals surface area contributed by atoms with E-state index in [0.717, 1.165) is 0 Å². The summed E-state index contributed by atoms with van der Waals surface area (Å²) >= 11 is 0. The standard InChI is InChI=1S/C25H29NO8/c1-13(27)31-20-10-16(24(3,4)33-14(2)28)9-17-22(29)21-19(34-25(17,20)5)11-18(32-23(21)30)15-7-6-8-26-12-15/h6-8,11-12,16-17,20,22,29H,9-10H2,1-5H3/t16-,17-,20-,22-,25-/m0/s1. The van der Waals surface area contributed by atoms with Gasteiger partial charge in [-0.2, -0.15) is 0 Å². The summed E-state index contributed by atoms with van der Waals surface area (Å²) < 4.78 is 23.1. The Hall–Kier alpha value is -3.20. The van der Waals surface area contributed by atoms with Gasteiger partial charge >= 0.3 is 17.6 Å². The maximum absolute atomic E-state index is 12.9. The molecule has 4 rings (SSSR count). The zero-order valence-electron chi connectivity index (χ0n) is 19.9. The van der Waals surface area contributed by atoms with Crippen LogP contribution in [-0.2, 0) is 19.1 Å². The molecule has 1 saturated carbocycles. The van der Waals surface area contributed by atoms with Gasteiger partial charge < -0.3 is 23.7 Å². The summed E-state index contributed by atoms with van der Waals surface area (Å²) in [5.41, 5.74) is -2.13. The largest absolute Gasteiger partial charge is 0.482 e. The number of ether oxygens (including phenoxy) is 3. The molecule has 0 spiro atoms. The van der Waals surface area contributed by atoms with Crippen molar-refractivity contribution >= 4 is 11.9 Å². The van der Waals surface area contributed by atoms with Crippen molar-refractivity contribution in [3.05, 3.63) is 46.6 Å². The van der Waals surface area contributed by atoms with Crippen LogP contribution in [0.5, 0.6) is 5.75 Å². The van der Waals surface area contributed by atoms with Gasteiger partial charge in [-0.25, -0.2) is 4.79 Å². The SMILES string of the molecule is CC(=O)O[C@H]1C[C@@H](C(C)(C)OC(C)=O)C[C@H]2[C@H](O)c3c(cc(-c4cccnc4)oc3=O)O[C@]12C. The van der Waals surface area contributed by atoms with Gasteiger partial charge in [-0.1, -0.05) is 0 Å². The fraction of sp³-hybridized carbons (Fsp3) is 0.520. The van der Waals surface area contributed by atoms with Crippen LogP contribution in [0.3, 0.4) is 0 Å². The van der Waals surface area contributed by atoms with Gasteiger partial charge in [-0.3, -0.25) is 14.6 Å². The summed E-state index contributed by atoms with van der Waals surface area (Å²) in [6, 6.07) is 5.01. The average Bonchev–Trinajstić information content (AvgIpc) is 2.73. The van der Waals surface area contributed by atoms with Crippen molar-refractivity contribution in [1.29, 1.82) is 0 Å². The molecule has 0 amide bonds. The van der Waals surface area contributed by atoms with Crippen LogP contribution >= 0.6 is 0 Å². The van der Waals surface area contributed by atoms with E-state index in [2.05, 4.69) is 4.98 Å². The highest BCUT2D eigenvalue weighted by molar-refractivity contribution is 5.67. The predicted molar refractivity (Wildman–Crippen MR) is 120 cm³/mol. The maximum atomic E-state index is 12.9. The molecule has 0 saturated heterocycles. The first kappa shape index (κ1) is 23.9. The number of nitrogens with zero attached hydrogens (tertiary/aromatic N) is 1. The van der Waals surface area contributed by atoms with Crippen LogP contribution in [0.15, 0.2) is 39.8 Å². The van der Waals surface area contributed by atoms with Crippen molar-refractivity contribution in [2.75, 3.05) is 0 Å². The number of hydrogen-bond donors (Lipinski definition) is 1. The lowest BCUT2D eigenvalue weighted by Gasteiger charge is -2.54. The van der Waals surface area contributed by atoms with E-state index in [4.69, 9.17) is 18.6 Å². The minimum absolute atomic E-state index is 0.0163. The molecule has 0 unspecified atom stereocenters. The molecule has 2 aliphatic rings. The van der Waals surface area contributed by atoms with Crippen LogP contribution < -0.4 is 10.4 Å². The average molecular weight is 472 g/mol. The lowest BCUT2D eigenvalue weighted by Crippen LogP contribution is -2.62.